The molecule has 0 spiro atoms. The summed E-state index contributed by atoms with van der Waals surface area (Å²) in [7, 11) is 0. The third-order valence-electron chi connectivity index (χ3n) is 4.23. The molecule has 1 saturated carbocycles. The lowest BCUT2D eigenvalue weighted by Crippen LogP contribution is -2.52. The van der Waals surface area contributed by atoms with Crippen LogP contribution in [0.4, 0.5) is 4.79 Å². The van der Waals surface area contributed by atoms with E-state index in [1.807, 2.05) is 20.8 Å². The van der Waals surface area contributed by atoms with Crippen molar-refractivity contribution < 1.29 is 14.3 Å². The summed E-state index contributed by atoms with van der Waals surface area (Å²) in [6.45, 7) is 11.5. The fourth-order valence-corrected chi connectivity index (χ4v) is 3.32. The summed E-state index contributed by atoms with van der Waals surface area (Å²) in [5, 5.41) is 0. The Balaban J connectivity index is 1.81. The van der Waals surface area contributed by atoms with Crippen LogP contribution in [0.15, 0.2) is 0 Å². The number of aldehydes is 1. The zero-order valence-electron chi connectivity index (χ0n) is 12.6. The highest BCUT2D eigenvalue weighted by molar-refractivity contribution is 5.69. The molecular weight excluding hydrogens is 242 g/mol. The van der Waals surface area contributed by atoms with Gasteiger partial charge in [-0.25, -0.2) is 4.79 Å². The molecule has 4 heteroatoms. The van der Waals surface area contributed by atoms with Crippen molar-refractivity contribution in [1.29, 1.82) is 0 Å². The van der Waals surface area contributed by atoms with Crippen LogP contribution in [0.25, 0.3) is 0 Å². The van der Waals surface area contributed by atoms with Gasteiger partial charge in [-0.15, -0.1) is 0 Å². The lowest BCUT2D eigenvalue weighted by molar-refractivity contribution is -0.109. The highest BCUT2D eigenvalue weighted by Gasteiger charge is 2.58. The summed E-state index contributed by atoms with van der Waals surface area (Å²) in [5.41, 5.74) is -0.437. The molecule has 3 atom stereocenters. The van der Waals surface area contributed by atoms with Crippen LogP contribution in [-0.2, 0) is 9.53 Å². The Hall–Kier alpha value is -1.06. The average molecular weight is 267 g/mol. The van der Waals surface area contributed by atoms with Gasteiger partial charge in [-0.05, 0) is 44.4 Å². The molecule has 4 nitrogen and oxygen atoms in total. The summed E-state index contributed by atoms with van der Waals surface area (Å²) in [6, 6.07) is 0. The Bertz CT molecular complexity index is 366. The molecule has 0 aromatic rings. The van der Waals surface area contributed by atoms with Gasteiger partial charge in [-0.3, -0.25) is 0 Å². The minimum atomic E-state index is -0.437. The number of amides is 1. The minimum Gasteiger partial charge on any atom is -0.444 e. The lowest BCUT2D eigenvalue weighted by Gasteiger charge is -2.40. The topological polar surface area (TPSA) is 46.6 Å². The van der Waals surface area contributed by atoms with Gasteiger partial charge in [-0.1, -0.05) is 13.8 Å². The molecule has 1 amide bonds. The average Bonchev–Trinajstić information content (AvgIpc) is 2.86. The van der Waals surface area contributed by atoms with E-state index in [4.69, 9.17) is 4.74 Å². The van der Waals surface area contributed by atoms with Gasteiger partial charge in [0.1, 0.15) is 11.9 Å². The maximum Gasteiger partial charge on any atom is 0.410 e. The number of ether oxygens (including phenoxy) is 1. The monoisotopic (exact) mass is 267 g/mol. The number of rotatable bonds is 3. The lowest BCUT2D eigenvalue weighted by atomic mass is 9.91. The molecule has 1 heterocycles. The first-order chi connectivity index (χ1) is 8.74. The molecular formula is C15H25NO3. The fourth-order valence-electron chi connectivity index (χ4n) is 3.32. The highest BCUT2D eigenvalue weighted by atomic mass is 16.6. The van der Waals surface area contributed by atoms with Gasteiger partial charge in [0, 0.05) is 19.0 Å². The van der Waals surface area contributed by atoms with E-state index in [-0.39, 0.29) is 12.0 Å². The van der Waals surface area contributed by atoms with Gasteiger partial charge in [-0.2, -0.15) is 0 Å². The van der Waals surface area contributed by atoms with E-state index in [2.05, 4.69) is 13.8 Å². The number of carbonyl (C=O) groups excluding carboxylic acids is 2. The Morgan fingerprint density at radius 3 is 2.26 bits per heavy atom. The maximum absolute atomic E-state index is 11.8. The van der Waals surface area contributed by atoms with Crippen LogP contribution in [0, 0.1) is 29.6 Å². The van der Waals surface area contributed by atoms with Crippen molar-refractivity contribution in [2.75, 3.05) is 13.1 Å². The van der Waals surface area contributed by atoms with Crippen LogP contribution < -0.4 is 0 Å². The molecule has 108 valence electrons. The molecule has 0 aromatic carbocycles. The summed E-state index contributed by atoms with van der Waals surface area (Å²) in [4.78, 5) is 24.6. The Kier molecular flexibility index (Phi) is 3.63. The first kappa shape index (κ1) is 14.4. The number of nitrogens with zero attached hydrogens (tertiary/aromatic N) is 1. The number of carbonyl (C=O) groups is 2. The van der Waals surface area contributed by atoms with E-state index in [1.165, 1.54) is 0 Å². The molecule has 2 fully saturated rings. The van der Waals surface area contributed by atoms with Gasteiger partial charge >= 0.3 is 6.09 Å². The molecule has 2 aliphatic rings. The van der Waals surface area contributed by atoms with Crippen molar-refractivity contribution >= 4 is 12.4 Å². The normalized spacial score (nSPS) is 31.1. The molecule has 19 heavy (non-hydrogen) atoms. The maximum atomic E-state index is 11.8. The quantitative estimate of drug-likeness (QED) is 0.738. The molecule has 1 aliphatic heterocycles. The first-order valence-corrected chi connectivity index (χ1v) is 7.18. The Morgan fingerprint density at radius 2 is 1.89 bits per heavy atom. The van der Waals surface area contributed by atoms with Crippen molar-refractivity contribution in [1.82, 2.24) is 4.90 Å². The molecule has 0 aromatic heterocycles. The van der Waals surface area contributed by atoms with Crippen LogP contribution in [0.1, 0.15) is 34.6 Å². The van der Waals surface area contributed by atoms with Crippen molar-refractivity contribution in [3.63, 3.8) is 0 Å². The van der Waals surface area contributed by atoms with Crippen molar-refractivity contribution in [3.8, 4) is 0 Å². The standard InChI is InChI=1S/C15H25NO3/c1-9(2)12-11(8-17)13(12)10-6-16(7-10)14(18)19-15(3,4)5/h8-13H,6-7H2,1-5H3/t11-,12+,13-/m0/s1. The van der Waals surface area contributed by atoms with Crippen molar-refractivity contribution in [2.45, 2.75) is 40.2 Å². The SMILES string of the molecule is CC(C)[C@@H]1[C@H](C=O)[C@@H]1C1CN(C(=O)OC(C)(C)C)C1. The summed E-state index contributed by atoms with van der Waals surface area (Å²) < 4.78 is 5.34. The van der Waals surface area contributed by atoms with E-state index >= 15 is 0 Å². The van der Waals surface area contributed by atoms with E-state index in [1.54, 1.807) is 4.90 Å². The van der Waals surface area contributed by atoms with E-state index < -0.39 is 5.60 Å². The van der Waals surface area contributed by atoms with Crippen molar-refractivity contribution in [3.05, 3.63) is 0 Å². The first-order valence-electron chi connectivity index (χ1n) is 7.18. The number of hydrogen-bond donors (Lipinski definition) is 0. The second kappa shape index (κ2) is 4.80. The van der Waals surface area contributed by atoms with Gasteiger partial charge in [0.05, 0.1) is 0 Å². The molecule has 1 saturated heterocycles. The predicted molar refractivity (Wildman–Crippen MR) is 72.7 cm³/mol. The molecule has 0 unspecified atom stereocenters. The zero-order chi connectivity index (χ0) is 14.4. The van der Waals surface area contributed by atoms with Gasteiger partial charge < -0.3 is 14.4 Å². The third kappa shape index (κ3) is 2.93. The zero-order valence-corrected chi connectivity index (χ0v) is 12.6. The van der Waals surface area contributed by atoms with Gasteiger partial charge in [0.2, 0.25) is 0 Å². The summed E-state index contributed by atoms with van der Waals surface area (Å²) in [6.07, 6.45) is 0.874. The number of likely N-dealkylation sites (tertiary alicyclic amines) is 1. The second-order valence-electron chi connectivity index (χ2n) is 7.26. The van der Waals surface area contributed by atoms with Crippen LogP contribution >= 0.6 is 0 Å². The van der Waals surface area contributed by atoms with Gasteiger partial charge in [0.15, 0.2) is 0 Å². The smallest absolute Gasteiger partial charge is 0.410 e. The molecule has 0 bridgehead atoms. The molecule has 1 aliphatic carbocycles. The van der Waals surface area contributed by atoms with Crippen LogP contribution in [-0.4, -0.2) is 36.0 Å². The molecule has 2 rings (SSSR count). The second-order valence-corrected chi connectivity index (χ2v) is 7.26. The van der Waals surface area contributed by atoms with Crippen molar-refractivity contribution in [2.24, 2.45) is 29.6 Å². The molecule has 0 N–H and O–H groups in total. The van der Waals surface area contributed by atoms with Crippen LogP contribution in [0.5, 0.6) is 0 Å². The highest BCUT2D eigenvalue weighted by Crippen LogP contribution is 2.55. The summed E-state index contributed by atoms with van der Waals surface area (Å²) in [5.74, 6) is 2.25. The minimum absolute atomic E-state index is 0.214. The van der Waals surface area contributed by atoms with E-state index in [0.29, 0.717) is 23.7 Å². The Labute approximate surface area is 115 Å². The van der Waals surface area contributed by atoms with Crippen LogP contribution in [0.2, 0.25) is 0 Å². The summed E-state index contributed by atoms with van der Waals surface area (Å²) >= 11 is 0. The number of hydrogen-bond acceptors (Lipinski definition) is 3. The predicted octanol–water partition coefficient (Wildman–Crippen LogP) is 2.57. The van der Waals surface area contributed by atoms with E-state index in [9.17, 15) is 9.59 Å². The fraction of sp³-hybridized carbons (Fsp3) is 0.867. The van der Waals surface area contributed by atoms with E-state index in [0.717, 1.165) is 19.4 Å². The third-order valence-corrected chi connectivity index (χ3v) is 4.23. The largest absolute Gasteiger partial charge is 0.444 e. The van der Waals surface area contributed by atoms with Gasteiger partial charge in [0.25, 0.3) is 0 Å². The molecule has 0 radical (unpaired) electrons. The van der Waals surface area contributed by atoms with Crippen LogP contribution in [0.3, 0.4) is 0 Å². The Morgan fingerprint density at radius 1 is 1.32 bits per heavy atom.